The maximum atomic E-state index is 12.7. The van der Waals surface area contributed by atoms with Crippen LogP contribution in [0.1, 0.15) is 37.7 Å². The van der Waals surface area contributed by atoms with Crippen molar-refractivity contribution in [3.05, 3.63) is 36.3 Å². The van der Waals surface area contributed by atoms with E-state index in [1.807, 2.05) is 30.1 Å². The van der Waals surface area contributed by atoms with Crippen LogP contribution in [-0.4, -0.2) is 55.6 Å². The van der Waals surface area contributed by atoms with Gasteiger partial charge >= 0.3 is 0 Å². The minimum absolute atomic E-state index is 0.0372. The van der Waals surface area contributed by atoms with E-state index in [2.05, 4.69) is 25.9 Å². The first kappa shape index (κ1) is 23.3. The lowest BCUT2D eigenvalue weighted by Gasteiger charge is -2.20. The van der Waals surface area contributed by atoms with Crippen LogP contribution in [0.4, 0.5) is 17.3 Å². The van der Waals surface area contributed by atoms with Gasteiger partial charge in [-0.1, -0.05) is 12.8 Å². The van der Waals surface area contributed by atoms with Crippen molar-refractivity contribution >= 4 is 34.7 Å². The maximum absolute atomic E-state index is 12.7. The molecule has 0 saturated carbocycles. The van der Waals surface area contributed by atoms with Gasteiger partial charge in [0, 0.05) is 44.5 Å². The van der Waals surface area contributed by atoms with Crippen LogP contribution in [0.25, 0.3) is 5.57 Å². The molecule has 1 aromatic heterocycles. The van der Waals surface area contributed by atoms with Gasteiger partial charge in [0.15, 0.2) is 11.5 Å². The van der Waals surface area contributed by atoms with Crippen LogP contribution in [0.3, 0.4) is 0 Å². The van der Waals surface area contributed by atoms with E-state index in [9.17, 15) is 9.59 Å². The number of ether oxygens (including phenoxy) is 2. The largest absolute Gasteiger partial charge is 0.493 e. The van der Waals surface area contributed by atoms with E-state index < -0.39 is 0 Å². The molecule has 0 saturated heterocycles. The molecule has 4 rings (SSSR count). The van der Waals surface area contributed by atoms with Gasteiger partial charge in [-0.2, -0.15) is 0 Å². The predicted octanol–water partition coefficient (Wildman–Crippen LogP) is 2.79. The van der Waals surface area contributed by atoms with Crippen molar-refractivity contribution < 1.29 is 19.1 Å². The molecule has 0 fully saturated rings. The Morgan fingerprint density at radius 1 is 1.12 bits per heavy atom. The van der Waals surface area contributed by atoms with E-state index >= 15 is 0 Å². The zero-order valence-electron chi connectivity index (χ0n) is 19.5. The summed E-state index contributed by atoms with van der Waals surface area (Å²) in [5, 5.41) is 8.95. The van der Waals surface area contributed by atoms with Crippen LogP contribution in [-0.2, 0) is 9.59 Å². The smallest absolute Gasteiger partial charge is 0.259 e. The van der Waals surface area contributed by atoms with Gasteiger partial charge in [-0.15, -0.1) is 0 Å². The Morgan fingerprint density at radius 3 is 2.82 bits per heavy atom. The number of nitrogens with zero attached hydrogens (tertiary/aromatic N) is 3. The second-order valence-electron chi connectivity index (χ2n) is 8.23. The fourth-order valence-electron chi connectivity index (χ4n) is 3.95. The van der Waals surface area contributed by atoms with Crippen molar-refractivity contribution in [2.75, 3.05) is 49.4 Å². The number of aromatic nitrogens is 2. The van der Waals surface area contributed by atoms with Crippen molar-refractivity contribution in [3.8, 4) is 11.5 Å². The van der Waals surface area contributed by atoms with E-state index in [0.717, 1.165) is 31.4 Å². The van der Waals surface area contributed by atoms with Gasteiger partial charge in [0.25, 0.3) is 5.91 Å². The van der Waals surface area contributed by atoms with Gasteiger partial charge in [0.1, 0.15) is 18.0 Å². The summed E-state index contributed by atoms with van der Waals surface area (Å²) >= 11 is 0. The predicted molar refractivity (Wildman–Crippen MR) is 130 cm³/mol. The molecular weight excluding hydrogens is 436 g/mol. The second-order valence-corrected chi connectivity index (χ2v) is 8.23. The van der Waals surface area contributed by atoms with Crippen molar-refractivity contribution in [1.82, 2.24) is 15.3 Å². The molecule has 10 heteroatoms. The minimum atomic E-state index is -0.266. The second kappa shape index (κ2) is 10.9. The quantitative estimate of drug-likeness (QED) is 0.587. The summed E-state index contributed by atoms with van der Waals surface area (Å²) in [5.74, 6) is 2.10. The summed E-state index contributed by atoms with van der Waals surface area (Å²) in [6, 6.07) is 5.53. The maximum Gasteiger partial charge on any atom is 0.259 e. The summed E-state index contributed by atoms with van der Waals surface area (Å²) in [5.41, 5.74) is 1.80. The van der Waals surface area contributed by atoms with Crippen LogP contribution in [0, 0.1) is 0 Å². The molecule has 1 aromatic carbocycles. The Balaban J connectivity index is 1.64. The van der Waals surface area contributed by atoms with Crippen LogP contribution in [0.15, 0.2) is 30.7 Å². The number of likely N-dealkylation sites (N-methyl/N-ethyl adjacent to an activating group) is 1. The van der Waals surface area contributed by atoms with E-state index in [1.54, 1.807) is 13.3 Å². The normalized spacial score (nSPS) is 18.9. The number of carbonyl (C=O) groups is 2. The molecule has 0 spiro atoms. The Morgan fingerprint density at radius 2 is 1.97 bits per heavy atom. The molecule has 0 aliphatic carbocycles. The van der Waals surface area contributed by atoms with Gasteiger partial charge < -0.3 is 30.3 Å². The summed E-state index contributed by atoms with van der Waals surface area (Å²) in [4.78, 5) is 35.4. The highest BCUT2D eigenvalue weighted by molar-refractivity contribution is 6.32. The van der Waals surface area contributed by atoms with E-state index in [1.165, 1.54) is 6.33 Å². The van der Waals surface area contributed by atoms with E-state index in [-0.39, 0.29) is 11.8 Å². The molecule has 180 valence electrons. The molecule has 0 radical (unpaired) electrons. The fraction of sp³-hybridized carbons (Fsp3) is 0.417. The fourth-order valence-corrected chi connectivity index (χ4v) is 3.95. The van der Waals surface area contributed by atoms with Crippen LogP contribution < -0.4 is 30.3 Å². The summed E-state index contributed by atoms with van der Waals surface area (Å²) < 4.78 is 11.4. The third-order valence-corrected chi connectivity index (χ3v) is 5.81. The average Bonchev–Trinajstić information content (AvgIpc) is 3.16. The Bertz CT molecular complexity index is 1090. The lowest BCUT2D eigenvalue weighted by Crippen LogP contribution is -2.33. The number of fused-ring (bicyclic) bond motifs is 2. The third kappa shape index (κ3) is 5.38. The Labute approximate surface area is 198 Å². The van der Waals surface area contributed by atoms with E-state index in [4.69, 9.17) is 9.47 Å². The molecule has 2 aliphatic rings. The first-order chi connectivity index (χ1) is 16.6. The number of benzene rings is 1. The summed E-state index contributed by atoms with van der Waals surface area (Å²) in [6.07, 6.45) is 7.25. The molecule has 0 unspecified atom stereocenters. The number of rotatable bonds is 1. The highest BCUT2D eigenvalue weighted by Gasteiger charge is 2.30. The van der Waals surface area contributed by atoms with Crippen molar-refractivity contribution in [3.63, 3.8) is 0 Å². The molecule has 2 bridgehead atoms. The van der Waals surface area contributed by atoms with Crippen LogP contribution >= 0.6 is 0 Å². The van der Waals surface area contributed by atoms with E-state index in [0.29, 0.717) is 60.4 Å². The highest BCUT2D eigenvalue weighted by Crippen LogP contribution is 2.36. The molecule has 10 nitrogen and oxygen atoms in total. The van der Waals surface area contributed by atoms with Gasteiger partial charge in [-0.3, -0.25) is 9.59 Å². The first-order valence-electron chi connectivity index (χ1n) is 11.5. The third-order valence-electron chi connectivity index (χ3n) is 5.81. The lowest BCUT2D eigenvalue weighted by atomic mass is 10.1. The zero-order valence-corrected chi connectivity index (χ0v) is 19.5. The topological polar surface area (TPSA) is 118 Å². The molecule has 2 aromatic rings. The lowest BCUT2D eigenvalue weighted by molar-refractivity contribution is -0.121. The van der Waals surface area contributed by atoms with Gasteiger partial charge in [-0.25, -0.2) is 9.97 Å². The number of amides is 2. The SMILES string of the molecule is COc1ccc2cc1OCCCCCCC(=O)NCCN(C)c1ncnc3c1/C(=C/N2)C(=O)N3. The van der Waals surface area contributed by atoms with Crippen molar-refractivity contribution in [1.29, 1.82) is 0 Å². The monoisotopic (exact) mass is 466 g/mol. The standard InChI is InChI=1S/C24H30N6O4/c1-30-11-10-25-20(31)7-5-3-4-6-12-34-19-13-16(8-9-18(19)33-2)26-14-17-21-22(29-24(17)32)27-15-28-23(21)30/h8-9,13-15,26H,3-7,10-12H2,1-2H3,(H,25,31)(H,27,28,29,32)/b17-14-. The molecule has 2 amide bonds. The van der Waals surface area contributed by atoms with Gasteiger partial charge in [0.2, 0.25) is 5.91 Å². The highest BCUT2D eigenvalue weighted by atomic mass is 16.5. The number of carbonyl (C=O) groups excluding carboxylic acids is 2. The first-order valence-corrected chi connectivity index (χ1v) is 11.5. The summed E-state index contributed by atoms with van der Waals surface area (Å²) in [6.45, 7) is 1.58. The van der Waals surface area contributed by atoms with Crippen LogP contribution in [0.2, 0.25) is 0 Å². The van der Waals surface area contributed by atoms with Gasteiger partial charge in [0.05, 0.1) is 24.9 Å². The van der Waals surface area contributed by atoms with Crippen LogP contribution in [0.5, 0.6) is 11.5 Å². The zero-order chi connectivity index (χ0) is 23.9. The number of methoxy groups -OCH3 is 1. The molecular formula is C24H30N6O4. The molecule has 3 N–H and O–H groups in total. The van der Waals surface area contributed by atoms with Crippen molar-refractivity contribution in [2.24, 2.45) is 0 Å². The minimum Gasteiger partial charge on any atom is -0.493 e. The van der Waals surface area contributed by atoms with Gasteiger partial charge in [-0.05, 0) is 25.0 Å². The average molecular weight is 467 g/mol. The number of hydrogen-bond acceptors (Lipinski definition) is 8. The van der Waals surface area contributed by atoms with Crippen molar-refractivity contribution in [2.45, 2.75) is 32.1 Å². The molecule has 0 atom stereocenters. The number of hydrogen-bond donors (Lipinski definition) is 3. The molecule has 3 heterocycles. The summed E-state index contributed by atoms with van der Waals surface area (Å²) in [7, 11) is 3.48. The number of anilines is 3. The number of nitrogens with one attached hydrogen (secondary N) is 3. The Kier molecular flexibility index (Phi) is 7.46. The molecule has 2 aliphatic heterocycles. The Hall–Kier alpha value is -3.82. The molecule has 34 heavy (non-hydrogen) atoms.